The minimum absolute atomic E-state index is 0.209. The summed E-state index contributed by atoms with van der Waals surface area (Å²) in [4.78, 5) is 0. The molecule has 0 aliphatic heterocycles. The standard InChI is InChI=1S/C16H24FNO/c1-11-6-7-13(10-18)14(8-11)9-12-4-3-5-15(19-2)16(12)17/h3-5,11,13-14H,6-10,18H2,1-2H3. The van der Waals surface area contributed by atoms with Crippen molar-refractivity contribution in [1.29, 1.82) is 0 Å². The van der Waals surface area contributed by atoms with E-state index in [9.17, 15) is 4.39 Å². The van der Waals surface area contributed by atoms with E-state index in [1.807, 2.05) is 12.1 Å². The van der Waals surface area contributed by atoms with Crippen LogP contribution in [0.4, 0.5) is 4.39 Å². The van der Waals surface area contributed by atoms with Gasteiger partial charge >= 0.3 is 0 Å². The molecule has 3 unspecified atom stereocenters. The molecule has 1 saturated carbocycles. The fourth-order valence-electron chi connectivity index (χ4n) is 3.28. The second-order valence-corrected chi connectivity index (χ2v) is 5.81. The number of methoxy groups -OCH3 is 1. The first-order valence-electron chi connectivity index (χ1n) is 7.17. The highest BCUT2D eigenvalue weighted by atomic mass is 19.1. The fourth-order valence-corrected chi connectivity index (χ4v) is 3.28. The summed E-state index contributed by atoms with van der Waals surface area (Å²) >= 11 is 0. The summed E-state index contributed by atoms with van der Waals surface area (Å²) in [7, 11) is 1.51. The molecule has 1 aliphatic carbocycles. The molecule has 1 fully saturated rings. The minimum atomic E-state index is -0.209. The number of hydrogen-bond acceptors (Lipinski definition) is 2. The first kappa shape index (κ1) is 14.3. The largest absolute Gasteiger partial charge is 0.494 e. The Hall–Kier alpha value is -1.09. The second-order valence-electron chi connectivity index (χ2n) is 5.81. The third-order valence-electron chi connectivity index (χ3n) is 4.45. The van der Waals surface area contributed by atoms with E-state index < -0.39 is 0 Å². The Morgan fingerprint density at radius 3 is 2.79 bits per heavy atom. The Balaban J connectivity index is 2.14. The van der Waals surface area contributed by atoms with Crippen LogP contribution < -0.4 is 10.5 Å². The van der Waals surface area contributed by atoms with Gasteiger partial charge in [0.05, 0.1) is 7.11 Å². The lowest BCUT2D eigenvalue weighted by molar-refractivity contribution is 0.192. The maximum Gasteiger partial charge on any atom is 0.168 e. The van der Waals surface area contributed by atoms with Crippen LogP contribution in [0.2, 0.25) is 0 Å². The number of ether oxygens (including phenoxy) is 1. The summed E-state index contributed by atoms with van der Waals surface area (Å²) in [5.41, 5.74) is 6.63. The van der Waals surface area contributed by atoms with Crippen LogP contribution in [-0.2, 0) is 6.42 Å². The molecule has 2 N–H and O–H groups in total. The maximum atomic E-state index is 14.2. The predicted octanol–water partition coefficient (Wildman–Crippen LogP) is 3.39. The van der Waals surface area contributed by atoms with E-state index in [4.69, 9.17) is 10.5 Å². The molecule has 1 aliphatic rings. The number of nitrogens with two attached hydrogens (primary N) is 1. The molecule has 0 heterocycles. The van der Waals surface area contributed by atoms with Crippen molar-refractivity contribution < 1.29 is 9.13 Å². The van der Waals surface area contributed by atoms with Gasteiger partial charge in [-0.2, -0.15) is 0 Å². The van der Waals surface area contributed by atoms with Crippen LogP contribution in [-0.4, -0.2) is 13.7 Å². The second kappa shape index (κ2) is 6.38. The van der Waals surface area contributed by atoms with Gasteiger partial charge < -0.3 is 10.5 Å². The average molecular weight is 265 g/mol. The molecule has 0 aromatic heterocycles. The molecule has 1 aromatic carbocycles. The molecule has 2 rings (SSSR count). The minimum Gasteiger partial charge on any atom is -0.494 e. The molecule has 0 spiro atoms. The fraction of sp³-hybridized carbons (Fsp3) is 0.625. The van der Waals surface area contributed by atoms with Crippen molar-refractivity contribution >= 4 is 0 Å². The van der Waals surface area contributed by atoms with Gasteiger partial charge in [0.1, 0.15) is 0 Å². The van der Waals surface area contributed by atoms with Crippen molar-refractivity contribution in [3.63, 3.8) is 0 Å². The highest BCUT2D eigenvalue weighted by Gasteiger charge is 2.28. The molecule has 1 aromatic rings. The molecule has 3 heteroatoms. The zero-order valence-electron chi connectivity index (χ0n) is 11.9. The summed E-state index contributed by atoms with van der Waals surface area (Å²) in [6, 6.07) is 5.40. The van der Waals surface area contributed by atoms with Crippen LogP contribution in [0.1, 0.15) is 31.7 Å². The average Bonchev–Trinajstić information content (AvgIpc) is 2.41. The Morgan fingerprint density at radius 1 is 1.32 bits per heavy atom. The molecule has 106 valence electrons. The maximum absolute atomic E-state index is 14.2. The molecule has 2 nitrogen and oxygen atoms in total. The normalized spacial score (nSPS) is 27.3. The SMILES string of the molecule is COc1cccc(CC2CC(C)CCC2CN)c1F. The lowest BCUT2D eigenvalue weighted by atomic mass is 9.72. The van der Waals surface area contributed by atoms with E-state index in [-0.39, 0.29) is 5.82 Å². The van der Waals surface area contributed by atoms with E-state index in [1.165, 1.54) is 20.0 Å². The van der Waals surface area contributed by atoms with Crippen LogP contribution in [0.25, 0.3) is 0 Å². The zero-order valence-corrected chi connectivity index (χ0v) is 11.9. The van der Waals surface area contributed by atoms with Gasteiger partial charge in [0.25, 0.3) is 0 Å². The Labute approximate surface area is 115 Å². The lowest BCUT2D eigenvalue weighted by Gasteiger charge is -2.34. The van der Waals surface area contributed by atoms with E-state index >= 15 is 0 Å². The predicted molar refractivity (Wildman–Crippen MR) is 75.7 cm³/mol. The van der Waals surface area contributed by atoms with Crippen molar-refractivity contribution in [2.75, 3.05) is 13.7 Å². The van der Waals surface area contributed by atoms with E-state index in [0.29, 0.717) is 24.1 Å². The van der Waals surface area contributed by atoms with Crippen LogP contribution in [0.3, 0.4) is 0 Å². The van der Waals surface area contributed by atoms with Crippen molar-refractivity contribution in [3.05, 3.63) is 29.6 Å². The molecule has 0 bridgehead atoms. The molecule has 0 saturated heterocycles. The quantitative estimate of drug-likeness (QED) is 0.905. The summed E-state index contributed by atoms with van der Waals surface area (Å²) < 4.78 is 19.2. The number of benzene rings is 1. The Bertz CT molecular complexity index is 421. The summed E-state index contributed by atoms with van der Waals surface area (Å²) in [6.07, 6.45) is 4.35. The van der Waals surface area contributed by atoms with Gasteiger partial charge in [-0.25, -0.2) is 4.39 Å². The van der Waals surface area contributed by atoms with Gasteiger partial charge in [0.2, 0.25) is 0 Å². The van der Waals surface area contributed by atoms with Gasteiger partial charge in [-0.3, -0.25) is 0 Å². The van der Waals surface area contributed by atoms with E-state index in [0.717, 1.165) is 24.3 Å². The molecule has 19 heavy (non-hydrogen) atoms. The lowest BCUT2D eigenvalue weighted by Crippen LogP contribution is -2.31. The van der Waals surface area contributed by atoms with Crippen molar-refractivity contribution in [2.24, 2.45) is 23.5 Å². The summed E-state index contributed by atoms with van der Waals surface area (Å²) in [5, 5.41) is 0. The monoisotopic (exact) mass is 265 g/mol. The number of rotatable bonds is 4. The first-order chi connectivity index (χ1) is 9.15. The molecule has 3 atom stereocenters. The first-order valence-corrected chi connectivity index (χ1v) is 7.17. The summed E-state index contributed by atoms with van der Waals surface area (Å²) in [5.74, 6) is 1.88. The van der Waals surface area contributed by atoms with Crippen LogP contribution >= 0.6 is 0 Å². The van der Waals surface area contributed by atoms with Gasteiger partial charge in [-0.15, -0.1) is 0 Å². The van der Waals surface area contributed by atoms with E-state index in [1.54, 1.807) is 6.07 Å². The third kappa shape index (κ3) is 3.27. The van der Waals surface area contributed by atoms with Crippen molar-refractivity contribution in [1.82, 2.24) is 0 Å². The topological polar surface area (TPSA) is 35.2 Å². The van der Waals surface area contributed by atoms with Gasteiger partial charge in [0, 0.05) is 0 Å². The molecule has 0 radical (unpaired) electrons. The highest BCUT2D eigenvalue weighted by Crippen LogP contribution is 2.36. The van der Waals surface area contributed by atoms with Gasteiger partial charge in [-0.05, 0) is 55.2 Å². The Kier molecular flexibility index (Phi) is 4.81. The number of halogens is 1. The van der Waals surface area contributed by atoms with Crippen LogP contribution in [0, 0.1) is 23.6 Å². The molecule has 0 amide bonds. The van der Waals surface area contributed by atoms with Gasteiger partial charge in [0.15, 0.2) is 11.6 Å². The zero-order chi connectivity index (χ0) is 13.8. The van der Waals surface area contributed by atoms with Crippen LogP contribution in [0.5, 0.6) is 5.75 Å². The highest BCUT2D eigenvalue weighted by molar-refractivity contribution is 5.31. The van der Waals surface area contributed by atoms with Gasteiger partial charge in [-0.1, -0.05) is 25.5 Å². The smallest absolute Gasteiger partial charge is 0.168 e. The Morgan fingerprint density at radius 2 is 2.11 bits per heavy atom. The van der Waals surface area contributed by atoms with Crippen molar-refractivity contribution in [3.8, 4) is 5.75 Å². The van der Waals surface area contributed by atoms with Crippen LogP contribution in [0.15, 0.2) is 18.2 Å². The molecular weight excluding hydrogens is 241 g/mol. The number of hydrogen-bond donors (Lipinski definition) is 1. The summed E-state index contributed by atoms with van der Waals surface area (Å²) in [6.45, 7) is 2.99. The third-order valence-corrected chi connectivity index (χ3v) is 4.45. The van der Waals surface area contributed by atoms with Crippen molar-refractivity contribution in [2.45, 2.75) is 32.6 Å². The molecular formula is C16H24FNO. The van der Waals surface area contributed by atoms with E-state index in [2.05, 4.69) is 6.92 Å².